The number of fused-ring (bicyclic) bond motifs is 1. The normalized spacial score (nSPS) is 11.8. The van der Waals surface area contributed by atoms with E-state index in [0.29, 0.717) is 6.42 Å². The van der Waals surface area contributed by atoms with Gasteiger partial charge in [0.1, 0.15) is 5.75 Å². The number of amides is 1. The summed E-state index contributed by atoms with van der Waals surface area (Å²) in [6, 6.07) is 20.7. The number of carbonyl (C=O) groups excluding carboxylic acids is 1. The minimum atomic E-state index is -0.0679. The summed E-state index contributed by atoms with van der Waals surface area (Å²) < 4.78 is 15.8. The third-order valence-corrected chi connectivity index (χ3v) is 4.35. The molecule has 28 heavy (non-hydrogen) atoms. The SMILES string of the molecule is COc1ccc(CC(=O)Nc2ccc(Nc3ccc4c(c3)OCO4)cc2)cc1. The first-order valence-corrected chi connectivity index (χ1v) is 8.89. The standard InChI is InChI=1S/C22H20N2O4/c1-26-19-9-2-15(3-10-19)12-22(25)24-17-6-4-16(5-7-17)23-18-8-11-20-21(13-18)28-14-27-20/h2-11,13,23H,12,14H2,1H3,(H,24,25). The van der Waals surface area contributed by atoms with Gasteiger partial charge < -0.3 is 24.8 Å². The van der Waals surface area contributed by atoms with Crippen LogP contribution in [0.1, 0.15) is 5.56 Å². The Kier molecular flexibility index (Phi) is 5.01. The molecular weight excluding hydrogens is 356 g/mol. The molecule has 0 aromatic heterocycles. The van der Waals surface area contributed by atoms with Crippen molar-refractivity contribution in [3.05, 3.63) is 72.3 Å². The average Bonchev–Trinajstić information content (AvgIpc) is 3.18. The van der Waals surface area contributed by atoms with Gasteiger partial charge in [0.05, 0.1) is 13.5 Å². The second-order valence-electron chi connectivity index (χ2n) is 6.34. The molecular formula is C22H20N2O4. The first-order valence-electron chi connectivity index (χ1n) is 8.89. The van der Waals surface area contributed by atoms with E-state index in [1.165, 1.54) is 0 Å². The first-order chi connectivity index (χ1) is 13.7. The molecule has 1 aliphatic heterocycles. The van der Waals surface area contributed by atoms with Crippen molar-refractivity contribution in [1.29, 1.82) is 0 Å². The van der Waals surface area contributed by atoms with Crippen molar-refractivity contribution in [3.8, 4) is 17.2 Å². The molecule has 0 unspecified atom stereocenters. The number of hydrogen-bond donors (Lipinski definition) is 2. The Hall–Kier alpha value is -3.67. The number of methoxy groups -OCH3 is 1. The lowest BCUT2D eigenvalue weighted by atomic mass is 10.1. The Labute approximate surface area is 163 Å². The lowest BCUT2D eigenvalue weighted by Crippen LogP contribution is -2.14. The molecule has 0 saturated heterocycles. The van der Waals surface area contributed by atoms with Gasteiger partial charge in [0.2, 0.25) is 12.7 Å². The van der Waals surface area contributed by atoms with Crippen LogP contribution in [-0.2, 0) is 11.2 Å². The highest BCUT2D eigenvalue weighted by Gasteiger charge is 2.13. The summed E-state index contributed by atoms with van der Waals surface area (Å²) in [5, 5.41) is 6.21. The van der Waals surface area contributed by atoms with Crippen LogP contribution >= 0.6 is 0 Å². The van der Waals surface area contributed by atoms with Crippen molar-refractivity contribution in [2.24, 2.45) is 0 Å². The minimum absolute atomic E-state index is 0.0679. The van der Waals surface area contributed by atoms with E-state index in [4.69, 9.17) is 14.2 Å². The minimum Gasteiger partial charge on any atom is -0.497 e. The van der Waals surface area contributed by atoms with Gasteiger partial charge in [-0.15, -0.1) is 0 Å². The molecule has 3 aromatic rings. The number of ether oxygens (including phenoxy) is 3. The van der Waals surface area contributed by atoms with Crippen LogP contribution in [0.4, 0.5) is 17.1 Å². The molecule has 1 amide bonds. The third kappa shape index (κ3) is 4.17. The van der Waals surface area contributed by atoms with Crippen molar-refractivity contribution in [1.82, 2.24) is 0 Å². The molecule has 3 aromatic carbocycles. The van der Waals surface area contributed by atoms with Gasteiger partial charge >= 0.3 is 0 Å². The number of nitrogens with one attached hydrogen (secondary N) is 2. The number of rotatable bonds is 6. The highest BCUT2D eigenvalue weighted by molar-refractivity contribution is 5.92. The lowest BCUT2D eigenvalue weighted by molar-refractivity contribution is -0.115. The van der Waals surface area contributed by atoms with Gasteiger partial charge in [-0.25, -0.2) is 0 Å². The van der Waals surface area contributed by atoms with E-state index in [2.05, 4.69) is 10.6 Å². The van der Waals surface area contributed by atoms with E-state index >= 15 is 0 Å². The van der Waals surface area contributed by atoms with Crippen molar-refractivity contribution in [2.75, 3.05) is 24.5 Å². The van der Waals surface area contributed by atoms with E-state index in [1.807, 2.05) is 66.7 Å². The molecule has 0 atom stereocenters. The Balaban J connectivity index is 1.34. The summed E-state index contributed by atoms with van der Waals surface area (Å²) in [7, 11) is 1.62. The molecule has 6 nitrogen and oxygen atoms in total. The fourth-order valence-electron chi connectivity index (χ4n) is 2.91. The summed E-state index contributed by atoms with van der Waals surface area (Å²) >= 11 is 0. The summed E-state index contributed by atoms with van der Waals surface area (Å²) in [4.78, 5) is 12.2. The Morgan fingerprint density at radius 3 is 2.32 bits per heavy atom. The van der Waals surface area contributed by atoms with Crippen molar-refractivity contribution >= 4 is 23.0 Å². The monoisotopic (exact) mass is 376 g/mol. The second-order valence-corrected chi connectivity index (χ2v) is 6.34. The Morgan fingerprint density at radius 1 is 0.893 bits per heavy atom. The predicted octanol–water partition coefficient (Wildman–Crippen LogP) is 4.35. The van der Waals surface area contributed by atoms with Crippen LogP contribution in [0.5, 0.6) is 17.2 Å². The van der Waals surface area contributed by atoms with Crippen LogP contribution in [0.2, 0.25) is 0 Å². The number of benzene rings is 3. The van der Waals surface area contributed by atoms with Crippen molar-refractivity contribution in [3.63, 3.8) is 0 Å². The molecule has 1 aliphatic rings. The van der Waals surface area contributed by atoms with Crippen LogP contribution < -0.4 is 24.8 Å². The first kappa shape index (κ1) is 17.7. The molecule has 0 saturated carbocycles. The maximum atomic E-state index is 12.2. The number of hydrogen-bond acceptors (Lipinski definition) is 5. The second kappa shape index (κ2) is 7.92. The van der Waals surface area contributed by atoms with Gasteiger partial charge in [0.15, 0.2) is 11.5 Å². The van der Waals surface area contributed by atoms with Crippen LogP contribution in [0.25, 0.3) is 0 Å². The smallest absolute Gasteiger partial charge is 0.231 e. The van der Waals surface area contributed by atoms with Gasteiger partial charge in [-0.2, -0.15) is 0 Å². The quantitative estimate of drug-likeness (QED) is 0.669. The topological polar surface area (TPSA) is 68.8 Å². The van der Waals surface area contributed by atoms with E-state index in [9.17, 15) is 4.79 Å². The molecule has 4 rings (SSSR count). The van der Waals surface area contributed by atoms with Crippen LogP contribution in [0, 0.1) is 0 Å². The highest BCUT2D eigenvalue weighted by atomic mass is 16.7. The molecule has 0 fully saturated rings. The molecule has 2 N–H and O–H groups in total. The third-order valence-electron chi connectivity index (χ3n) is 4.35. The van der Waals surface area contributed by atoms with Crippen LogP contribution in [0.3, 0.4) is 0 Å². The van der Waals surface area contributed by atoms with Gasteiger partial charge in [-0.05, 0) is 54.1 Å². The lowest BCUT2D eigenvalue weighted by Gasteiger charge is -2.09. The van der Waals surface area contributed by atoms with E-state index < -0.39 is 0 Å². The summed E-state index contributed by atoms with van der Waals surface area (Å²) in [6.07, 6.45) is 0.307. The summed E-state index contributed by atoms with van der Waals surface area (Å²) in [5.74, 6) is 2.18. The van der Waals surface area contributed by atoms with Gasteiger partial charge in [-0.3, -0.25) is 4.79 Å². The zero-order chi connectivity index (χ0) is 19.3. The molecule has 0 spiro atoms. The maximum Gasteiger partial charge on any atom is 0.231 e. The highest BCUT2D eigenvalue weighted by Crippen LogP contribution is 2.35. The Morgan fingerprint density at radius 2 is 1.57 bits per heavy atom. The zero-order valence-electron chi connectivity index (χ0n) is 15.4. The zero-order valence-corrected chi connectivity index (χ0v) is 15.4. The van der Waals surface area contributed by atoms with Crippen LogP contribution in [-0.4, -0.2) is 19.8 Å². The Bertz CT molecular complexity index is 969. The maximum absolute atomic E-state index is 12.2. The van der Waals surface area contributed by atoms with E-state index in [0.717, 1.165) is 39.9 Å². The summed E-state index contributed by atoms with van der Waals surface area (Å²) in [6.45, 7) is 0.254. The predicted molar refractivity (Wildman–Crippen MR) is 108 cm³/mol. The van der Waals surface area contributed by atoms with Crippen molar-refractivity contribution < 1.29 is 19.0 Å². The fourth-order valence-corrected chi connectivity index (χ4v) is 2.91. The fraction of sp³-hybridized carbons (Fsp3) is 0.136. The van der Waals surface area contributed by atoms with Gasteiger partial charge in [-0.1, -0.05) is 12.1 Å². The molecule has 0 radical (unpaired) electrons. The average molecular weight is 376 g/mol. The molecule has 1 heterocycles. The summed E-state index contributed by atoms with van der Waals surface area (Å²) in [5.41, 5.74) is 3.49. The van der Waals surface area contributed by atoms with E-state index in [1.54, 1.807) is 7.11 Å². The number of carbonyl (C=O) groups is 1. The van der Waals surface area contributed by atoms with Crippen LogP contribution in [0.15, 0.2) is 66.7 Å². The molecule has 0 aliphatic carbocycles. The molecule has 142 valence electrons. The molecule has 0 bridgehead atoms. The van der Waals surface area contributed by atoms with Crippen molar-refractivity contribution in [2.45, 2.75) is 6.42 Å². The largest absolute Gasteiger partial charge is 0.497 e. The van der Waals surface area contributed by atoms with Gasteiger partial charge in [0, 0.05) is 23.1 Å². The van der Waals surface area contributed by atoms with E-state index in [-0.39, 0.29) is 12.7 Å². The molecule has 6 heteroatoms. The number of anilines is 3. The van der Waals surface area contributed by atoms with Gasteiger partial charge in [0.25, 0.3) is 0 Å².